The zero-order chi connectivity index (χ0) is 16.6. The standard InChI is InChI=1S/C17H27N3O3/c1-4-5-17(22)6-8-20(9-7-17)16(21)15-13-10-11(2)23-12(3)14(13)18-19-15/h11-12,22H,4-10H2,1-3H3,(H,18,19)/t11-,12+/m0/s1. The summed E-state index contributed by atoms with van der Waals surface area (Å²) < 4.78 is 5.78. The van der Waals surface area contributed by atoms with Crippen molar-refractivity contribution in [3.05, 3.63) is 17.0 Å². The van der Waals surface area contributed by atoms with Gasteiger partial charge in [-0.3, -0.25) is 9.89 Å². The Morgan fingerprint density at radius 3 is 2.78 bits per heavy atom. The lowest BCUT2D eigenvalue weighted by Crippen LogP contribution is -2.47. The first kappa shape index (κ1) is 16.5. The fourth-order valence-electron chi connectivity index (χ4n) is 3.84. The van der Waals surface area contributed by atoms with Crippen molar-refractivity contribution in [2.75, 3.05) is 13.1 Å². The van der Waals surface area contributed by atoms with E-state index in [1.807, 2.05) is 18.7 Å². The summed E-state index contributed by atoms with van der Waals surface area (Å²) in [7, 11) is 0. The lowest BCUT2D eigenvalue weighted by Gasteiger charge is -2.38. The predicted molar refractivity (Wildman–Crippen MR) is 86.2 cm³/mol. The van der Waals surface area contributed by atoms with Crippen molar-refractivity contribution in [2.45, 2.75) is 70.7 Å². The van der Waals surface area contributed by atoms with Crippen LogP contribution in [0.5, 0.6) is 0 Å². The molecular formula is C17H27N3O3. The van der Waals surface area contributed by atoms with Crippen molar-refractivity contribution in [1.82, 2.24) is 15.1 Å². The molecule has 0 aromatic carbocycles. The average molecular weight is 321 g/mol. The summed E-state index contributed by atoms with van der Waals surface area (Å²) in [5.74, 6) is -0.0256. The Bertz CT molecular complexity index is 576. The topological polar surface area (TPSA) is 78.5 Å². The van der Waals surface area contributed by atoms with Crippen molar-refractivity contribution < 1.29 is 14.6 Å². The van der Waals surface area contributed by atoms with Gasteiger partial charge in [-0.2, -0.15) is 5.10 Å². The Labute approximate surface area is 137 Å². The average Bonchev–Trinajstić information content (AvgIpc) is 2.91. The van der Waals surface area contributed by atoms with Gasteiger partial charge in [0.2, 0.25) is 0 Å². The fraction of sp³-hybridized carbons (Fsp3) is 0.765. The number of carbonyl (C=O) groups excluding carboxylic acids is 1. The molecule has 1 fully saturated rings. The second-order valence-electron chi connectivity index (χ2n) is 7.02. The molecule has 0 aliphatic carbocycles. The number of carbonyl (C=O) groups is 1. The van der Waals surface area contributed by atoms with Crippen LogP contribution in [0.3, 0.4) is 0 Å². The number of aromatic nitrogens is 2. The van der Waals surface area contributed by atoms with E-state index >= 15 is 0 Å². The van der Waals surface area contributed by atoms with E-state index in [1.165, 1.54) is 0 Å². The van der Waals surface area contributed by atoms with E-state index in [2.05, 4.69) is 17.1 Å². The van der Waals surface area contributed by atoms with E-state index in [-0.39, 0.29) is 18.1 Å². The minimum atomic E-state index is -0.604. The Hall–Kier alpha value is -1.40. The number of aromatic amines is 1. The summed E-state index contributed by atoms with van der Waals surface area (Å²) in [6.07, 6.45) is 3.82. The van der Waals surface area contributed by atoms with Crippen LogP contribution in [0, 0.1) is 0 Å². The van der Waals surface area contributed by atoms with Gasteiger partial charge in [0, 0.05) is 25.1 Å². The highest BCUT2D eigenvalue weighted by molar-refractivity contribution is 5.94. The molecule has 0 bridgehead atoms. The minimum Gasteiger partial charge on any atom is -0.390 e. The van der Waals surface area contributed by atoms with Gasteiger partial charge in [-0.15, -0.1) is 0 Å². The van der Waals surface area contributed by atoms with Crippen LogP contribution in [0.4, 0.5) is 0 Å². The molecule has 0 saturated carbocycles. The molecule has 1 aromatic heterocycles. The lowest BCUT2D eigenvalue weighted by atomic mass is 9.87. The third kappa shape index (κ3) is 3.15. The van der Waals surface area contributed by atoms with Crippen molar-refractivity contribution in [3.8, 4) is 0 Å². The third-order valence-electron chi connectivity index (χ3n) is 5.13. The number of likely N-dealkylation sites (tertiary alicyclic amines) is 1. The van der Waals surface area contributed by atoms with Crippen LogP contribution in [-0.2, 0) is 11.2 Å². The number of hydrogen-bond acceptors (Lipinski definition) is 4. The van der Waals surface area contributed by atoms with Crippen LogP contribution < -0.4 is 0 Å². The number of ether oxygens (including phenoxy) is 1. The SMILES string of the molecule is CCCC1(O)CCN(C(=O)c2n[nH]c3c2C[C@H](C)O[C@@H]3C)CC1. The van der Waals surface area contributed by atoms with Gasteiger partial charge in [-0.25, -0.2) is 0 Å². The predicted octanol–water partition coefficient (Wildman–Crippen LogP) is 2.20. The number of nitrogens with zero attached hydrogens (tertiary/aromatic N) is 2. The molecule has 2 aliphatic rings. The van der Waals surface area contributed by atoms with Gasteiger partial charge >= 0.3 is 0 Å². The number of nitrogens with one attached hydrogen (secondary N) is 1. The smallest absolute Gasteiger partial charge is 0.274 e. The van der Waals surface area contributed by atoms with Gasteiger partial charge < -0.3 is 14.7 Å². The van der Waals surface area contributed by atoms with E-state index in [4.69, 9.17) is 4.74 Å². The van der Waals surface area contributed by atoms with Crippen molar-refractivity contribution in [2.24, 2.45) is 0 Å². The van der Waals surface area contributed by atoms with Crippen molar-refractivity contribution in [3.63, 3.8) is 0 Å². The summed E-state index contributed by atoms with van der Waals surface area (Å²) in [4.78, 5) is 14.7. The van der Waals surface area contributed by atoms with Crippen LogP contribution in [0.25, 0.3) is 0 Å². The molecular weight excluding hydrogens is 294 g/mol. The molecule has 0 spiro atoms. The van der Waals surface area contributed by atoms with E-state index in [1.54, 1.807) is 0 Å². The molecule has 1 amide bonds. The molecule has 23 heavy (non-hydrogen) atoms. The Morgan fingerprint density at radius 2 is 2.13 bits per heavy atom. The number of amides is 1. The molecule has 6 heteroatoms. The van der Waals surface area contributed by atoms with E-state index < -0.39 is 5.60 Å². The molecule has 0 unspecified atom stereocenters. The molecule has 1 aromatic rings. The minimum absolute atomic E-state index is 0.0256. The number of H-pyrrole nitrogens is 1. The molecule has 1 saturated heterocycles. The molecule has 2 atom stereocenters. The first-order valence-corrected chi connectivity index (χ1v) is 8.68. The van der Waals surface area contributed by atoms with Crippen LogP contribution in [0.1, 0.15) is 74.3 Å². The van der Waals surface area contributed by atoms with Crippen molar-refractivity contribution >= 4 is 5.91 Å². The number of hydrogen-bond donors (Lipinski definition) is 2. The lowest BCUT2D eigenvalue weighted by molar-refractivity contribution is -0.0235. The van der Waals surface area contributed by atoms with E-state index in [0.717, 1.165) is 24.1 Å². The molecule has 3 rings (SSSR count). The molecule has 6 nitrogen and oxygen atoms in total. The monoisotopic (exact) mass is 321 g/mol. The maximum atomic E-state index is 12.8. The van der Waals surface area contributed by atoms with Gasteiger partial charge in [0.1, 0.15) is 0 Å². The molecule has 0 radical (unpaired) electrons. The second-order valence-corrected chi connectivity index (χ2v) is 7.02. The maximum Gasteiger partial charge on any atom is 0.274 e. The first-order chi connectivity index (χ1) is 10.9. The number of fused-ring (bicyclic) bond motifs is 1. The summed E-state index contributed by atoms with van der Waals surface area (Å²) in [6, 6.07) is 0. The summed E-state index contributed by atoms with van der Waals surface area (Å²) in [5, 5.41) is 17.7. The number of aliphatic hydroxyl groups is 1. The number of rotatable bonds is 3. The van der Waals surface area contributed by atoms with E-state index in [9.17, 15) is 9.90 Å². The first-order valence-electron chi connectivity index (χ1n) is 8.68. The van der Waals surface area contributed by atoms with E-state index in [0.29, 0.717) is 38.0 Å². The van der Waals surface area contributed by atoms with Gasteiger partial charge in [0.25, 0.3) is 5.91 Å². The van der Waals surface area contributed by atoms with Crippen molar-refractivity contribution in [1.29, 1.82) is 0 Å². The zero-order valence-electron chi connectivity index (χ0n) is 14.3. The fourth-order valence-corrected chi connectivity index (χ4v) is 3.84. The van der Waals surface area contributed by atoms with Crippen LogP contribution >= 0.6 is 0 Å². The van der Waals surface area contributed by atoms with Gasteiger partial charge in [0.15, 0.2) is 5.69 Å². The second kappa shape index (κ2) is 6.24. The summed E-state index contributed by atoms with van der Waals surface area (Å²) >= 11 is 0. The van der Waals surface area contributed by atoms with Gasteiger partial charge in [0.05, 0.1) is 23.5 Å². The van der Waals surface area contributed by atoms with Crippen LogP contribution in [0.2, 0.25) is 0 Å². The molecule has 128 valence electrons. The largest absolute Gasteiger partial charge is 0.390 e. The highest BCUT2D eigenvalue weighted by atomic mass is 16.5. The highest BCUT2D eigenvalue weighted by Crippen LogP contribution is 2.32. The van der Waals surface area contributed by atoms with Crippen LogP contribution in [0.15, 0.2) is 0 Å². The normalized spacial score (nSPS) is 26.9. The maximum absolute atomic E-state index is 12.8. The summed E-state index contributed by atoms with van der Waals surface area (Å²) in [5.41, 5.74) is 1.84. The summed E-state index contributed by atoms with van der Waals surface area (Å²) in [6.45, 7) is 7.27. The molecule has 3 heterocycles. The third-order valence-corrected chi connectivity index (χ3v) is 5.13. The number of piperidine rings is 1. The Morgan fingerprint density at radius 1 is 1.43 bits per heavy atom. The Kier molecular flexibility index (Phi) is 4.47. The van der Waals surface area contributed by atoms with Crippen LogP contribution in [-0.4, -0.2) is 50.9 Å². The molecule has 2 aliphatic heterocycles. The van der Waals surface area contributed by atoms with Gasteiger partial charge in [-0.05, 0) is 33.1 Å². The van der Waals surface area contributed by atoms with Gasteiger partial charge in [-0.1, -0.05) is 13.3 Å². The quantitative estimate of drug-likeness (QED) is 0.894. The Balaban J connectivity index is 1.73. The molecule has 2 N–H and O–H groups in total. The zero-order valence-corrected chi connectivity index (χ0v) is 14.3. The highest BCUT2D eigenvalue weighted by Gasteiger charge is 2.36.